The molecule has 0 aliphatic heterocycles. The molecule has 0 fully saturated rings. The van der Waals surface area contributed by atoms with Gasteiger partial charge in [-0.05, 0) is 52.2 Å². The van der Waals surface area contributed by atoms with Crippen LogP contribution in [0.4, 0.5) is 0 Å². The van der Waals surface area contributed by atoms with Crippen molar-refractivity contribution in [2.75, 3.05) is 0 Å². The van der Waals surface area contributed by atoms with Crippen LogP contribution in [0.25, 0.3) is 118 Å². The number of hydrogen-bond acceptors (Lipinski definition) is 6. The largest absolute Gasteiger partial charge is 0.308 e. The van der Waals surface area contributed by atoms with Crippen LogP contribution in [0.5, 0.6) is 0 Å². The van der Waals surface area contributed by atoms with E-state index in [1.807, 2.05) is 91.0 Å². The standard InChI is InChI=1S/C58H37N7/c1-5-19-39(20-6-1)45-31-18-34-51-52(45)47-30-15-16-33-49(47)65(51)50-36-35-43(56-60-53(40-22-7-2-8-23-40)59-54(61-56)41-24-9-3-10-25-41)37-48(50)58-63-55(42-26-11-4-12-27-42)62-57(64-58)46-32-17-28-38-21-13-14-29-44(38)46/h1-37H. The molecule has 0 atom stereocenters. The van der Waals surface area contributed by atoms with E-state index in [2.05, 4.69) is 138 Å². The molecule has 304 valence electrons. The predicted octanol–water partition coefficient (Wildman–Crippen LogP) is 14.0. The quantitative estimate of drug-likeness (QED) is 0.152. The number of rotatable bonds is 8. The molecule has 3 heterocycles. The first-order valence-electron chi connectivity index (χ1n) is 21.6. The van der Waals surface area contributed by atoms with Crippen molar-refractivity contribution in [1.29, 1.82) is 0 Å². The third-order valence-electron chi connectivity index (χ3n) is 11.9. The lowest BCUT2D eigenvalue weighted by Gasteiger charge is -2.17. The van der Waals surface area contributed by atoms with Crippen LogP contribution < -0.4 is 0 Å². The molecule has 0 aliphatic rings. The molecule has 0 spiro atoms. The zero-order valence-electron chi connectivity index (χ0n) is 35.0. The van der Waals surface area contributed by atoms with Crippen LogP contribution in [-0.4, -0.2) is 34.5 Å². The molecule has 7 heteroatoms. The molecule has 9 aromatic carbocycles. The smallest absolute Gasteiger partial charge is 0.166 e. The molecule has 3 aromatic heterocycles. The van der Waals surface area contributed by atoms with E-state index in [-0.39, 0.29) is 0 Å². The minimum atomic E-state index is 0.518. The summed E-state index contributed by atoms with van der Waals surface area (Å²) in [7, 11) is 0. The fourth-order valence-electron chi connectivity index (χ4n) is 8.88. The zero-order chi connectivity index (χ0) is 43.1. The number of hydrogen-bond donors (Lipinski definition) is 0. The van der Waals surface area contributed by atoms with Crippen molar-refractivity contribution in [2.24, 2.45) is 0 Å². The maximum absolute atomic E-state index is 5.42. The molecule has 0 N–H and O–H groups in total. The summed E-state index contributed by atoms with van der Waals surface area (Å²) >= 11 is 0. The molecular formula is C58H37N7. The SMILES string of the molecule is c1ccc(-c2nc(-c3ccccc3)nc(-c3ccc(-n4c5ccccc5c5c(-c6ccccc6)cccc54)c(-c4nc(-c5ccccc5)nc(-c5cccc6ccccc56)n4)c3)n2)cc1. The monoisotopic (exact) mass is 831 g/mol. The van der Waals surface area contributed by atoms with Crippen LogP contribution in [0.15, 0.2) is 224 Å². The Kier molecular flexibility index (Phi) is 9.34. The highest BCUT2D eigenvalue weighted by atomic mass is 15.1. The molecule has 0 radical (unpaired) electrons. The van der Waals surface area contributed by atoms with E-state index in [1.165, 1.54) is 5.39 Å². The van der Waals surface area contributed by atoms with Crippen LogP contribution in [0.1, 0.15) is 0 Å². The Labute approximate surface area is 375 Å². The van der Waals surface area contributed by atoms with Gasteiger partial charge in [0.1, 0.15) is 0 Å². The Bertz CT molecular complexity index is 3640. The van der Waals surface area contributed by atoms with Gasteiger partial charge >= 0.3 is 0 Å². The highest BCUT2D eigenvalue weighted by molar-refractivity contribution is 6.16. The van der Waals surface area contributed by atoms with Crippen LogP contribution in [0, 0.1) is 0 Å². The molecule has 0 aliphatic carbocycles. The van der Waals surface area contributed by atoms with E-state index in [0.717, 1.165) is 77.4 Å². The Balaban J connectivity index is 1.17. The lowest BCUT2D eigenvalue weighted by atomic mass is 9.99. The Morgan fingerprint density at radius 3 is 1.32 bits per heavy atom. The number of benzene rings is 9. The molecule has 12 rings (SSSR count). The third-order valence-corrected chi connectivity index (χ3v) is 11.9. The topological polar surface area (TPSA) is 82.3 Å². The van der Waals surface area contributed by atoms with Crippen molar-refractivity contribution in [3.63, 3.8) is 0 Å². The van der Waals surface area contributed by atoms with Crippen LogP contribution in [-0.2, 0) is 0 Å². The first kappa shape index (κ1) is 37.8. The van der Waals surface area contributed by atoms with E-state index in [9.17, 15) is 0 Å². The fraction of sp³-hybridized carbons (Fsp3) is 0. The summed E-state index contributed by atoms with van der Waals surface area (Å²) in [6.45, 7) is 0. The second kappa shape index (κ2) is 16.1. The maximum atomic E-state index is 5.42. The van der Waals surface area contributed by atoms with Crippen molar-refractivity contribution in [3.8, 4) is 85.1 Å². The van der Waals surface area contributed by atoms with E-state index >= 15 is 0 Å². The van der Waals surface area contributed by atoms with Crippen molar-refractivity contribution in [2.45, 2.75) is 0 Å². The second-order valence-electron chi connectivity index (χ2n) is 15.9. The average molecular weight is 832 g/mol. The lowest BCUT2D eigenvalue weighted by molar-refractivity contribution is 1.06. The van der Waals surface area contributed by atoms with Crippen LogP contribution in [0.2, 0.25) is 0 Å². The molecule has 12 aromatic rings. The zero-order valence-corrected chi connectivity index (χ0v) is 35.0. The van der Waals surface area contributed by atoms with Gasteiger partial charge in [-0.3, -0.25) is 0 Å². The molecule has 0 unspecified atom stereocenters. The summed E-state index contributed by atoms with van der Waals surface area (Å²) in [4.78, 5) is 31.3. The highest BCUT2D eigenvalue weighted by Gasteiger charge is 2.23. The van der Waals surface area contributed by atoms with E-state index in [4.69, 9.17) is 29.9 Å². The number of para-hydroxylation sites is 1. The fourth-order valence-corrected chi connectivity index (χ4v) is 8.88. The summed E-state index contributed by atoms with van der Waals surface area (Å²) in [6.07, 6.45) is 0. The number of fused-ring (bicyclic) bond motifs is 4. The van der Waals surface area contributed by atoms with Gasteiger partial charge in [-0.2, -0.15) is 0 Å². The Morgan fingerprint density at radius 1 is 0.262 bits per heavy atom. The maximum Gasteiger partial charge on any atom is 0.166 e. The van der Waals surface area contributed by atoms with Gasteiger partial charge < -0.3 is 4.57 Å². The normalized spacial score (nSPS) is 11.4. The van der Waals surface area contributed by atoms with Crippen molar-refractivity contribution >= 4 is 32.6 Å². The lowest BCUT2D eigenvalue weighted by Crippen LogP contribution is -2.05. The molecule has 0 bridgehead atoms. The van der Waals surface area contributed by atoms with Crippen molar-refractivity contribution < 1.29 is 0 Å². The van der Waals surface area contributed by atoms with Crippen LogP contribution in [0.3, 0.4) is 0 Å². The minimum absolute atomic E-state index is 0.518. The molecule has 7 nitrogen and oxygen atoms in total. The van der Waals surface area contributed by atoms with Gasteiger partial charge in [-0.15, -0.1) is 0 Å². The summed E-state index contributed by atoms with van der Waals surface area (Å²) in [5.74, 6) is 3.37. The predicted molar refractivity (Wildman–Crippen MR) is 263 cm³/mol. The van der Waals surface area contributed by atoms with Gasteiger partial charge in [0.25, 0.3) is 0 Å². The molecular weight excluding hydrogens is 795 g/mol. The van der Waals surface area contributed by atoms with E-state index in [0.29, 0.717) is 34.9 Å². The second-order valence-corrected chi connectivity index (χ2v) is 15.9. The van der Waals surface area contributed by atoms with Crippen molar-refractivity contribution in [3.05, 3.63) is 224 Å². The Hall–Kier alpha value is -8.94. The molecule has 0 saturated heterocycles. The molecule has 65 heavy (non-hydrogen) atoms. The van der Waals surface area contributed by atoms with Gasteiger partial charge in [0.05, 0.1) is 16.7 Å². The summed E-state index contributed by atoms with van der Waals surface area (Å²) in [6, 6.07) is 77.0. The van der Waals surface area contributed by atoms with Gasteiger partial charge in [0.2, 0.25) is 0 Å². The summed E-state index contributed by atoms with van der Waals surface area (Å²) < 4.78 is 2.35. The van der Waals surface area contributed by atoms with Crippen LogP contribution >= 0.6 is 0 Å². The minimum Gasteiger partial charge on any atom is -0.308 e. The van der Waals surface area contributed by atoms with Gasteiger partial charge in [0, 0.05) is 44.2 Å². The first-order chi connectivity index (χ1) is 32.2. The Morgan fingerprint density at radius 2 is 0.692 bits per heavy atom. The highest BCUT2D eigenvalue weighted by Crippen LogP contribution is 2.42. The third kappa shape index (κ3) is 6.88. The summed E-state index contributed by atoms with van der Waals surface area (Å²) in [5.41, 5.74) is 10.5. The van der Waals surface area contributed by atoms with Gasteiger partial charge in [0.15, 0.2) is 34.9 Å². The average Bonchev–Trinajstić information content (AvgIpc) is 3.73. The molecule has 0 amide bonds. The number of nitrogens with zero attached hydrogens (tertiary/aromatic N) is 7. The van der Waals surface area contributed by atoms with Crippen molar-refractivity contribution in [1.82, 2.24) is 34.5 Å². The van der Waals surface area contributed by atoms with E-state index < -0.39 is 0 Å². The first-order valence-corrected chi connectivity index (χ1v) is 21.6. The number of aromatic nitrogens is 7. The summed E-state index contributed by atoms with van der Waals surface area (Å²) in [5, 5.41) is 4.47. The van der Waals surface area contributed by atoms with E-state index in [1.54, 1.807) is 0 Å². The molecule has 0 saturated carbocycles. The van der Waals surface area contributed by atoms with Gasteiger partial charge in [-0.25, -0.2) is 29.9 Å². The van der Waals surface area contributed by atoms with Gasteiger partial charge in [-0.1, -0.05) is 194 Å².